The summed E-state index contributed by atoms with van der Waals surface area (Å²) in [7, 11) is 0. The van der Waals surface area contributed by atoms with E-state index in [4.69, 9.17) is 0 Å². The summed E-state index contributed by atoms with van der Waals surface area (Å²) in [6.45, 7) is 8.73. The van der Waals surface area contributed by atoms with E-state index in [0.717, 1.165) is 16.8 Å². The fourth-order valence-electron chi connectivity index (χ4n) is 2.58. The molecule has 3 nitrogen and oxygen atoms in total. The molecule has 0 saturated heterocycles. The van der Waals surface area contributed by atoms with Crippen molar-refractivity contribution in [1.29, 1.82) is 0 Å². The highest BCUT2D eigenvalue weighted by molar-refractivity contribution is 5.93. The second kappa shape index (κ2) is 8.41. The highest BCUT2D eigenvalue weighted by Crippen LogP contribution is 2.16. The molecule has 0 radical (unpaired) electrons. The van der Waals surface area contributed by atoms with Gasteiger partial charge in [0.2, 0.25) is 5.91 Å². The number of benzene rings is 2. The maximum atomic E-state index is 13.8. The molecule has 126 valence electrons. The Labute approximate surface area is 142 Å². The van der Waals surface area contributed by atoms with Crippen LogP contribution in [0.4, 0.5) is 10.1 Å². The van der Waals surface area contributed by atoms with Crippen LogP contribution >= 0.6 is 0 Å². The number of carbonyl (C=O) groups is 1. The van der Waals surface area contributed by atoms with Gasteiger partial charge in [-0.1, -0.05) is 42.0 Å². The van der Waals surface area contributed by atoms with Crippen molar-refractivity contribution in [2.75, 3.05) is 18.4 Å². The van der Waals surface area contributed by atoms with Gasteiger partial charge in [-0.2, -0.15) is 0 Å². The zero-order valence-electron chi connectivity index (χ0n) is 14.2. The number of aryl methyl sites for hydroxylation is 2. The highest BCUT2D eigenvalue weighted by atomic mass is 19.1. The van der Waals surface area contributed by atoms with E-state index in [0.29, 0.717) is 18.7 Å². The Balaban J connectivity index is 2.02. The summed E-state index contributed by atoms with van der Waals surface area (Å²) in [5.74, 6) is -0.388. The molecule has 2 aromatic rings. The summed E-state index contributed by atoms with van der Waals surface area (Å²) in [4.78, 5) is 14.2. The maximum Gasteiger partial charge on any atom is 0.238 e. The summed E-state index contributed by atoms with van der Waals surface area (Å²) < 4.78 is 13.8. The minimum absolute atomic E-state index is 0.125. The van der Waals surface area contributed by atoms with Gasteiger partial charge < -0.3 is 5.32 Å². The van der Waals surface area contributed by atoms with Crippen molar-refractivity contribution in [3.05, 3.63) is 77.6 Å². The van der Waals surface area contributed by atoms with Crippen molar-refractivity contribution < 1.29 is 9.18 Å². The molecule has 0 aromatic heterocycles. The normalized spacial score (nSPS) is 10.7. The molecule has 1 N–H and O–H groups in total. The summed E-state index contributed by atoms with van der Waals surface area (Å²) in [6.07, 6.45) is 1.71. The number of amides is 1. The standard InChI is InChI=1S/C20H23FN2O/c1-4-11-23(13-17-7-5-6-8-18(17)21)14-20(24)22-19-10-9-15(2)12-16(19)3/h4-10,12H,1,11,13-14H2,2-3H3,(H,22,24). The lowest BCUT2D eigenvalue weighted by molar-refractivity contribution is -0.117. The Morgan fingerprint density at radius 3 is 2.67 bits per heavy atom. The first-order valence-electron chi connectivity index (χ1n) is 7.93. The molecule has 0 unspecified atom stereocenters. The Morgan fingerprint density at radius 2 is 2.00 bits per heavy atom. The summed E-state index contributed by atoms with van der Waals surface area (Å²) in [5.41, 5.74) is 3.54. The van der Waals surface area contributed by atoms with Crippen molar-refractivity contribution in [3.8, 4) is 0 Å². The van der Waals surface area contributed by atoms with Crippen molar-refractivity contribution in [1.82, 2.24) is 4.90 Å². The Kier molecular flexibility index (Phi) is 6.27. The van der Waals surface area contributed by atoms with Crippen LogP contribution in [0.2, 0.25) is 0 Å². The molecular weight excluding hydrogens is 303 g/mol. The molecule has 0 aliphatic heterocycles. The minimum atomic E-state index is -0.263. The molecule has 0 aliphatic rings. The van der Waals surface area contributed by atoms with Gasteiger partial charge >= 0.3 is 0 Å². The summed E-state index contributed by atoms with van der Waals surface area (Å²) in [6, 6.07) is 12.5. The van der Waals surface area contributed by atoms with Gasteiger partial charge in [0.15, 0.2) is 0 Å². The van der Waals surface area contributed by atoms with Crippen molar-refractivity contribution in [2.45, 2.75) is 20.4 Å². The van der Waals surface area contributed by atoms with Crippen LogP contribution in [0.3, 0.4) is 0 Å². The molecule has 0 aliphatic carbocycles. The first kappa shape index (κ1) is 17.9. The van der Waals surface area contributed by atoms with Crippen LogP contribution in [-0.4, -0.2) is 23.9 Å². The van der Waals surface area contributed by atoms with Gasteiger partial charge in [0.05, 0.1) is 6.54 Å². The van der Waals surface area contributed by atoms with E-state index in [-0.39, 0.29) is 18.3 Å². The zero-order chi connectivity index (χ0) is 17.5. The Morgan fingerprint density at radius 1 is 1.25 bits per heavy atom. The molecule has 24 heavy (non-hydrogen) atoms. The average molecular weight is 326 g/mol. The summed E-state index contributed by atoms with van der Waals surface area (Å²) in [5, 5.41) is 2.92. The first-order chi connectivity index (χ1) is 11.5. The number of rotatable bonds is 7. The van der Waals surface area contributed by atoms with Crippen molar-refractivity contribution >= 4 is 11.6 Å². The third kappa shape index (κ3) is 5.03. The molecule has 4 heteroatoms. The van der Waals surface area contributed by atoms with Gasteiger partial charge in [-0.05, 0) is 31.5 Å². The second-order valence-electron chi connectivity index (χ2n) is 5.92. The molecule has 2 rings (SSSR count). The van der Waals surface area contributed by atoms with Crippen molar-refractivity contribution in [3.63, 3.8) is 0 Å². The van der Waals surface area contributed by atoms with Crippen molar-refractivity contribution in [2.24, 2.45) is 0 Å². The molecule has 0 fully saturated rings. The fourth-order valence-corrected chi connectivity index (χ4v) is 2.58. The van der Waals surface area contributed by atoms with Crippen LogP contribution in [0.1, 0.15) is 16.7 Å². The molecule has 0 saturated carbocycles. The van der Waals surface area contributed by atoms with Crippen LogP contribution in [-0.2, 0) is 11.3 Å². The van der Waals surface area contributed by atoms with Gasteiger partial charge in [0.25, 0.3) is 0 Å². The van der Waals surface area contributed by atoms with E-state index >= 15 is 0 Å². The van der Waals surface area contributed by atoms with E-state index in [9.17, 15) is 9.18 Å². The van der Waals surface area contributed by atoms with Crippen LogP contribution in [0, 0.1) is 19.7 Å². The zero-order valence-corrected chi connectivity index (χ0v) is 14.2. The third-order valence-electron chi connectivity index (χ3n) is 3.76. The monoisotopic (exact) mass is 326 g/mol. The lowest BCUT2D eigenvalue weighted by Crippen LogP contribution is -2.33. The van der Waals surface area contributed by atoms with E-state index in [1.54, 1.807) is 24.3 Å². The fraction of sp³-hybridized carbons (Fsp3) is 0.250. The van der Waals surface area contributed by atoms with E-state index in [2.05, 4.69) is 11.9 Å². The number of carbonyl (C=O) groups excluding carboxylic acids is 1. The number of nitrogens with zero attached hydrogens (tertiary/aromatic N) is 1. The SMILES string of the molecule is C=CCN(CC(=O)Nc1ccc(C)cc1C)Cc1ccccc1F. The van der Waals surface area contributed by atoms with Crippen LogP contribution < -0.4 is 5.32 Å². The molecule has 0 spiro atoms. The van der Waals surface area contributed by atoms with E-state index < -0.39 is 0 Å². The Hall–Kier alpha value is -2.46. The van der Waals surface area contributed by atoms with Gasteiger partial charge in [-0.25, -0.2) is 4.39 Å². The van der Waals surface area contributed by atoms with E-state index in [1.165, 1.54) is 6.07 Å². The van der Waals surface area contributed by atoms with E-state index in [1.807, 2.05) is 36.9 Å². The Bertz CT molecular complexity index is 727. The molecular formula is C20H23FN2O. The van der Waals surface area contributed by atoms with Gasteiger partial charge in [-0.3, -0.25) is 9.69 Å². The predicted octanol–water partition coefficient (Wildman–Crippen LogP) is 4.07. The molecule has 2 aromatic carbocycles. The number of anilines is 1. The van der Waals surface area contributed by atoms with Crippen LogP contribution in [0.15, 0.2) is 55.1 Å². The lowest BCUT2D eigenvalue weighted by atomic mass is 10.1. The number of nitrogens with one attached hydrogen (secondary N) is 1. The molecule has 1 amide bonds. The summed E-state index contributed by atoms with van der Waals surface area (Å²) >= 11 is 0. The first-order valence-corrected chi connectivity index (χ1v) is 7.93. The van der Waals surface area contributed by atoms with Gasteiger partial charge in [0.1, 0.15) is 5.82 Å². The third-order valence-corrected chi connectivity index (χ3v) is 3.76. The largest absolute Gasteiger partial charge is 0.325 e. The predicted molar refractivity (Wildman–Crippen MR) is 96.4 cm³/mol. The average Bonchev–Trinajstić information content (AvgIpc) is 2.52. The quantitative estimate of drug-likeness (QED) is 0.778. The number of hydrogen-bond acceptors (Lipinski definition) is 2. The molecule has 0 heterocycles. The smallest absolute Gasteiger partial charge is 0.238 e. The number of hydrogen-bond donors (Lipinski definition) is 1. The minimum Gasteiger partial charge on any atom is -0.325 e. The molecule has 0 bridgehead atoms. The highest BCUT2D eigenvalue weighted by Gasteiger charge is 2.13. The van der Waals surface area contributed by atoms with Crippen LogP contribution in [0.25, 0.3) is 0 Å². The number of halogens is 1. The van der Waals surface area contributed by atoms with Gasteiger partial charge in [-0.15, -0.1) is 6.58 Å². The van der Waals surface area contributed by atoms with Gasteiger partial charge in [0, 0.05) is 24.3 Å². The maximum absolute atomic E-state index is 13.8. The lowest BCUT2D eigenvalue weighted by Gasteiger charge is -2.21. The second-order valence-corrected chi connectivity index (χ2v) is 5.92. The van der Waals surface area contributed by atoms with Crippen LogP contribution in [0.5, 0.6) is 0 Å². The molecule has 0 atom stereocenters. The topological polar surface area (TPSA) is 32.3 Å².